The number of H-pyrrole nitrogens is 1. The van der Waals surface area contributed by atoms with Crippen LogP contribution in [0.3, 0.4) is 0 Å². The van der Waals surface area contributed by atoms with Gasteiger partial charge in [0.15, 0.2) is 0 Å². The molecule has 0 bridgehead atoms. The predicted molar refractivity (Wildman–Crippen MR) is 121 cm³/mol. The first-order valence-electron chi connectivity index (χ1n) is 9.20. The SMILES string of the molecule is Cc1nc2cc(-n3c(-c4ccc(O)cc4Cl)cc4sc(C(=O)O)cc43)ccc2c(=O)[nH]1. The average molecular weight is 452 g/mol. The van der Waals surface area contributed by atoms with E-state index >= 15 is 0 Å². The third-order valence-electron chi connectivity index (χ3n) is 5.00. The topological polar surface area (TPSA) is 108 Å². The lowest BCUT2D eigenvalue weighted by atomic mass is 10.1. The summed E-state index contributed by atoms with van der Waals surface area (Å²) in [4.78, 5) is 31.1. The van der Waals surface area contributed by atoms with Crippen molar-refractivity contribution >= 4 is 50.0 Å². The maximum Gasteiger partial charge on any atom is 0.345 e. The Morgan fingerprint density at radius 3 is 2.71 bits per heavy atom. The molecule has 154 valence electrons. The molecule has 0 saturated carbocycles. The lowest BCUT2D eigenvalue weighted by Crippen LogP contribution is -2.10. The van der Waals surface area contributed by atoms with Gasteiger partial charge in [0, 0.05) is 11.3 Å². The quantitative estimate of drug-likeness (QED) is 0.359. The molecule has 7 nitrogen and oxygen atoms in total. The maximum absolute atomic E-state index is 12.2. The van der Waals surface area contributed by atoms with E-state index in [4.69, 9.17) is 11.6 Å². The number of aryl methyl sites for hydroxylation is 1. The average Bonchev–Trinajstić information content (AvgIpc) is 3.25. The molecule has 5 aromatic rings. The number of rotatable bonds is 3. The lowest BCUT2D eigenvalue weighted by molar-refractivity contribution is 0.0702. The molecule has 31 heavy (non-hydrogen) atoms. The van der Waals surface area contributed by atoms with E-state index < -0.39 is 5.97 Å². The molecule has 0 radical (unpaired) electrons. The highest BCUT2D eigenvalue weighted by Gasteiger charge is 2.20. The first kappa shape index (κ1) is 19.3. The van der Waals surface area contributed by atoms with Crippen LogP contribution in [0.5, 0.6) is 5.75 Å². The third kappa shape index (κ3) is 3.17. The standard InChI is InChI=1S/C22H14ClN3O4S/c1-10-24-16-6-11(2-4-14(16)21(28)25-10)26-17(13-5-3-12(27)7-15(13)23)8-19-18(26)9-20(31-19)22(29)30/h2-9,27H,1H3,(H,29,30)(H,24,25,28). The molecule has 0 aliphatic rings. The van der Waals surface area contributed by atoms with Gasteiger partial charge in [-0.2, -0.15) is 0 Å². The number of aromatic amines is 1. The summed E-state index contributed by atoms with van der Waals surface area (Å²) in [5.74, 6) is -0.455. The zero-order chi connectivity index (χ0) is 21.9. The molecule has 0 spiro atoms. The fourth-order valence-corrected chi connectivity index (χ4v) is 4.86. The molecule has 5 rings (SSSR count). The zero-order valence-electron chi connectivity index (χ0n) is 16.0. The van der Waals surface area contributed by atoms with Crippen molar-refractivity contribution in [1.82, 2.24) is 14.5 Å². The van der Waals surface area contributed by atoms with E-state index in [0.29, 0.717) is 38.5 Å². The number of hydrogen-bond donors (Lipinski definition) is 3. The Kier molecular flexibility index (Phi) is 4.35. The number of fused-ring (bicyclic) bond motifs is 2. The summed E-state index contributed by atoms with van der Waals surface area (Å²) >= 11 is 7.58. The Morgan fingerprint density at radius 2 is 1.97 bits per heavy atom. The van der Waals surface area contributed by atoms with Gasteiger partial charge >= 0.3 is 5.97 Å². The number of aromatic carboxylic acids is 1. The van der Waals surface area contributed by atoms with Gasteiger partial charge in [-0.1, -0.05) is 11.6 Å². The molecule has 2 aromatic carbocycles. The molecule has 0 saturated heterocycles. The third-order valence-corrected chi connectivity index (χ3v) is 6.37. The monoisotopic (exact) mass is 451 g/mol. The first-order chi connectivity index (χ1) is 14.8. The number of aromatic hydroxyl groups is 1. The van der Waals surface area contributed by atoms with Gasteiger partial charge in [-0.15, -0.1) is 11.3 Å². The van der Waals surface area contributed by atoms with Gasteiger partial charge in [0.25, 0.3) is 5.56 Å². The molecular formula is C22H14ClN3O4S. The van der Waals surface area contributed by atoms with Gasteiger partial charge in [-0.3, -0.25) is 4.79 Å². The van der Waals surface area contributed by atoms with Crippen LogP contribution in [-0.4, -0.2) is 30.7 Å². The Balaban J connectivity index is 1.84. The summed E-state index contributed by atoms with van der Waals surface area (Å²) in [6.45, 7) is 1.71. The van der Waals surface area contributed by atoms with Gasteiger partial charge in [-0.05, 0) is 55.5 Å². The van der Waals surface area contributed by atoms with Crippen molar-refractivity contribution < 1.29 is 15.0 Å². The van der Waals surface area contributed by atoms with E-state index in [1.807, 2.05) is 10.6 Å². The van der Waals surface area contributed by atoms with Crippen LogP contribution in [-0.2, 0) is 0 Å². The van der Waals surface area contributed by atoms with Crippen molar-refractivity contribution in [2.75, 3.05) is 0 Å². The molecule has 0 amide bonds. The summed E-state index contributed by atoms with van der Waals surface area (Å²) in [5, 5.41) is 20.0. The highest BCUT2D eigenvalue weighted by atomic mass is 35.5. The largest absolute Gasteiger partial charge is 0.508 e. The Hall–Kier alpha value is -3.62. The molecule has 0 atom stereocenters. The summed E-state index contributed by atoms with van der Waals surface area (Å²) in [5.41, 5.74) is 3.10. The number of carboxylic acids is 1. The van der Waals surface area contributed by atoms with E-state index in [2.05, 4.69) is 9.97 Å². The van der Waals surface area contributed by atoms with Crippen molar-refractivity contribution in [3.05, 3.63) is 74.6 Å². The second kappa shape index (κ2) is 6.97. The van der Waals surface area contributed by atoms with Crippen LogP contribution in [0.25, 0.3) is 38.1 Å². The van der Waals surface area contributed by atoms with Crippen molar-refractivity contribution in [1.29, 1.82) is 0 Å². The zero-order valence-corrected chi connectivity index (χ0v) is 17.6. The van der Waals surface area contributed by atoms with E-state index in [-0.39, 0.29) is 16.2 Å². The number of benzene rings is 2. The van der Waals surface area contributed by atoms with Crippen LogP contribution in [0.2, 0.25) is 5.02 Å². The molecule has 3 N–H and O–H groups in total. The Morgan fingerprint density at radius 1 is 1.16 bits per heavy atom. The minimum atomic E-state index is -1.00. The number of carboxylic acid groups (broad SMARTS) is 1. The number of aromatic nitrogens is 3. The molecule has 0 fully saturated rings. The molecule has 9 heteroatoms. The number of phenols is 1. The number of carbonyl (C=O) groups is 1. The van der Waals surface area contributed by atoms with Gasteiger partial charge < -0.3 is 19.8 Å². The van der Waals surface area contributed by atoms with Gasteiger partial charge in [0.2, 0.25) is 0 Å². The maximum atomic E-state index is 12.2. The normalized spacial score (nSPS) is 11.4. The highest BCUT2D eigenvalue weighted by Crippen LogP contribution is 2.39. The fourth-order valence-electron chi connectivity index (χ4n) is 3.67. The highest BCUT2D eigenvalue weighted by molar-refractivity contribution is 7.20. The Bertz CT molecular complexity index is 1580. The number of phenolic OH excluding ortho intramolecular Hbond substituents is 1. The molecular weight excluding hydrogens is 438 g/mol. The Labute approximate surface area is 183 Å². The number of halogens is 1. The summed E-state index contributed by atoms with van der Waals surface area (Å²) in [6.07, 6.45) is 0. The minimum absolute atomic E-state index is 0.0476. The fraction of sp³-hybridized carbons (Fsp3) is 0.0455. The van der Waals surface area contributed by atoms with Crippen molar-refractivity contribution in [3.8, 4) is 22.7 Å². The minimum Gasteiger partial charge on any atom is -0.508 e. The number of nitrogens with one attached hydrogen (secondary N) is 1. The van der Waals surface area contributed by atoms with Crippen LogP contribution < -0.4 is 5.56 Å². The van der Waals surface area contributed by atoms with Gasteiger partial charge in [0.1, 0.15) is 16.5 Å². The predicted octanol–water partition coefficient (Wildman–Crippen LogP) is 4.96. The van der Waals surface area contributed by atoms with E-state index in [0.717, 1.165) is 21.7 Å². The van der Waals surface area contributed by atoms with E-state index in [1.165, 1.54) is 6.07 Å². The molecule has 3 heterocycles. The van der Waals surface area contributed by atoms with Crippen LogP contribution in [0.1, 0.15) is 15.5 Å². The molecule has 0 unspecified atom stereocenters. The van der Waals surface area contributed by atoms with Crippen LogP contribution in [0.15, 0.2) is 53.3 Å². The summed E-state index contributed by atoms with van der Waals surface area (Å²) < 4.78 is 2.65. The second-order valence-corrected chi connectivity index (χ2v) is 8.54. The van der Waals surface area contributed by atoms with Crippen LogP contribution >= 0.6 is 22.9 Å². The number of hydrogen-bond acceptors (Lipinski definition) is 5. The smallest absolute Gasteiger partial charge is 0.345 e. The van der Waals surface area contributed by atoms with Crippen LogP contribution in [0, 0.1) is 6.92 Å². The van der Waals surface area contributed by atoms with Crippen molar-refractivity contribution in [3.63, 3.8) is 0 Å². The number of thiophene rings is 1. The first-order valence-corrected chi connectivity index (χ1v) is 10.4. The van der Waals surface area contributed by atoms with Gasteiger partial charge in [0.05, 0.1) is 31.8 Å². The molecule has 3 aromatic heterocycles. The van der Waals surface area contributed by atoms with Gasteiger partial charge in [-0.25, -0.2) is 9.78 Å². The summed E-state index contributed by atoms with van der Waals surface area (Å²) in [6, 6.07) is 13.4. The second-order valence-electron chi connectivity index (χ2n) is 7.05. The van der Waals surface area contributed by atoms with E-state index in [9.17, 15) is 19.8 Å². The van der Waals surface area contributed by atoms with Crippen molar-refractivity contribution in [2.24, 2.45) is 0 Å². The lowest BCUT2D eigenvalue weighted by Gasteiger charge is -2.13. The molecule has 0 aliphatic carbocycles. The molecule has 0 aliphatic heterocycles. The van der Waals surface area contributed by atoms with Crippen molar-refractivity contribution in [2.45, 2.75) is 6.92 Å². The van der Waals surface area contributed by atoms with Crippen LogP contribution in [0.4, 0.5) is 0 Å². The number of nitrogens with zero attached hydrogens (tertiary/aromatic N) is 2. The van der Waals surface area contributed by atoms with E-state index in [1.54, 1.807) is 43.3 Å². The summed E-state index contributed by atoms with van der Waals surface area (Å²) in [7, 11) is 0.